The summed E-state index contributed by atoms with van der Waals surface area (Å²) >= 11 is 3.52. The highest BCUT2D eigenvalue weighted by Gasteiger charge is 2.05. The summed E-state index contributed by atoms with van der Waals surface area (Å²) < 4.78 is 13.5. The van der Waals surface area contributed by atoms with E-state index in [-0.39, 0.29) is 5.56 Å². The number of hydrogen-bond acceptors (Lipinski definition) is 5. The van der Waals surface area contributed by atoms with Gasteiger partial charge < -0.3 is 14.8 Å². The van der Waals surface area contributed by atoms with Crippen LogP contribution >= 0.6 is 15.9 Å². The molecule has 3 aromatic rings. The van der Waals surface area contributed by atoms with Crippen LogP contribution in [0.15, 0.2) is 63.9 Å². The molecule has 1 heterocycles. The fraction of sp³-hybridized carbons (Fsp3) is 0.238. The summed E-state index contributed by atoms with van der Waals surface area (Å²) in [5.74, 6) is 2.00. The predicted octanol–water partition coefficient (Wildman–Crippen LogP) is 3.86. The van der Waals surface area contributed by atoms with Crippen LogP contribution in [-0.2, 0) is 6.54 Å². The van der Waals surface area contributed by atoms with Gasteiger partial charge in [0.15, 0.2) is 11.5 Å². The standard InChI is InChI=1S/C21H22BrN3O3/c1-15-7-8-16(13-17(15)22)14-25-21(26)10-9-20(24-25)23-11-12-28-19-6-4-3-5-18(19)27-2/h3-10,13H,11-12,14H2,1-2H3,(H,23,24). The lowest BCUT2D eigenvalue weighted by Gasteiger charge is -2.12. The summed E-state index contributed by atoms with van der Waals surface area (Å²) in [4.78, 5) is 12.1. The van der Waals surface area contributed by atoms with Gasteiger partial charge in [0.25, 0.3) is 5.56 Å². The van der Waals surface area contributed by atoms with Gasteiger partial charge in [0.2, 0.25) is 0 Å². The van der Waals surface area contributed by atoms with E-state index in [0.29, 0.717) is 37.0 Å². The van der Waals surface area contributed by atoms with Gasteiger partial charge in [-0.1, -0.05) is 40.2 Å². The molecular formula is C21H22BrN3O3. The molecule has 1 N–H and O–H groups in total. The molecule has 0 radical (unpaired) electrons. The second-order valence-electron chi connectivity index (χ2n) is 6.22. The maximum absolute atomic E-state index is 12.1. The van der Waals surface area contributed by atoms with Crippen LogP contribution in [0, 0.1) is 6.92 Å². The number of nitrogens with zero attached hydrogens (tertiary/aromatic N) is 2. The molecule has 0 aliphatic carbocycles. The summed E-state index contributed by atoms with van der Waals surface area (Å²) in [6.45, 7) is 3.41. The van der Waals surface area contributed by atoms with Crippen LogP contribution in [-0.4, -0.2) is 30.0 Å². The van der Waals surface area contributed by atoms with Gasteiger partial charge in [-0.3, -0.25) is 4.79 Å². The van der Waals surface area contributed by atoms with Gasteiger partial charge in [-0.2, -0.15) is 5.10 Å². The monoisotopic (exact) mass is 443 g/mol. The molecule has 7 heteroatoms. The fourth-order valence-electron chi connectivity index (χ4n) is 2.64. The number of methoxy groups -OCH3 is 1. The Kier molecular flexibility index (Phi) is 6.71. The number of benzene rings is 2. The number of para-hydroxylation sites is 2. The SMILES string of the molecule is COc1ccccc1OCCNc1ccc(=O)n(Cc2ccc(C)c(Br)c2)n1. The number of ether oxygens (including phenoxy) is 2. The topological polar surface area (TPSA) is 65.4 Å². The third-order valence-electron chi connectivity index (χ3n) is 4.17. The Morgan fingerprint density at radius 2 is 1.89 bits per heavy atom. The van der Waals surface area contributed by atoms with E-state index in [4.69, 9.17) is 9.47 Å². The highest BCUT2D eigenvalue weighted by atomic mass is 79.9. The van der Waals surface area contributed by atoms with Crippen LogP contribution in [0.2, 0.25) is 0 Å². The van der Waals surface area contributed by atoms with Crippen molar-refractivity contribution in [2.24, 2.45) is 0 Å². The summed E-state index contributed by atoms with van der Waals surface area (Å²) in [6.07, 6.45) is 0. The zero-order valence-electron chi connectivity index (χ0n) is 15.8. The second kappa shape index (κ2) is 9.41. The number of aromatic nitrogens is 2. The number of hydrogen-bond donors (Lipinski definition) is 1. The van der Waals surface area contributed by atoms with Crippen molar-refractivity contribution < 1.29 is 9.47 Å². The van der Waals surface area contributed by atoms with Gasteiger partial charge in [0.1, 0.15) is 12.4 Å². The predicted molar refractivity (Wildman–Crippen MR) is 113 cm³/mol. The van der Waals surface area contributed by atoms with Crippen molar-refractivity contribution in [1.29, 1.82) is 0 Å². The van der Waals surface area contributed by atoms with Crippen LogP contribution in [0.3, 0.4) is 0 Å². The Hall–Kier alpha value is -2.80. The average Bonchev–Trinajstić information content (AvgIpc) is 2.70. The van der Waals surface area contributed by atoms with Crippen LogP contribution in [0.25, 0.3) is 0 Å². The first kappa shape index (κ1) is 19.9. The van der Waals surface area contributed by atoms with E-state index < -0.39 is 0 Å². The van der Waals surface area contributed by atoms with Gasteiger partial charge in [0.05, 0.1) is 20.2 Å². The van der Waals surface area contributed by atoms with Crippen LogP contribution in [0.4, 0.5) is 5.82 Å². The molecule has 0 saturated carbocycles. The van der Waals surface area contributed by atoms with Crippen molar-refractivity contribution in [3.8, 4) is 11.5 Å². The number of nitrogens with one attached hydrogen (secondary N) is 1. The zero-order chi connectivity index (χ0) is 19.9. The van der Waals surface area contributed by atoms with Crippen molar-refractivity contribution in [3.05, 3.63) is 80.6 Å². The number of aryl methyl sites for hydroxylation is 1. The number of rotatable bonds is 8. The van der Waals surface area contributed by atoms with Gasteiger partial charge in [-0.15, -0.1) is 0 Å². The Labute approximate surface area is 172 Å². The first-order chi connectivity index (χ1) is 13.6. The summed E-state index contributed by atoms with van der Waals surface area (Å²) in [6, 6.07) is 16.7. The maximum atomic E-state index is 12.1. The summed E-state index contributed by atoms with van der Waals surface area (Å²) in [7, 11) is 1.61. The lowest BCUT2D eigenvalue weighted by atomic mass is 10.1. The molecule has 0 aliphatic rings. The number of halogens is 1. The molecule has 6 nitrogen and oxygen atoms in total. The van der Waals surface area contributed by atoms with Crippen LogP contribution < -0.4 is 20.3 Å². The minimum absolute atomic E-state index is 0.146. The van der Waals surface area contributed by atoms with E-state index in [1.807, 2.05) is 49.4 Å². The molecule has 0 bridgehead atoms. The largest absolute Gasteiger partial charge is 0.493 e. The normalized spacial score (nSPS) is 10.5. The van der Waals surface area contributed by atoms with Crippen molar-refractivity contribution in [2.45, 2.75) is 13.5 Å². The molecule has 0 saturated heterocycles. The van der Waals surface area contributed by atoms with Gasteiger partial charge in [-0.25, -0.2) is 4.68 Å². The minimum Gasteiger partial charge on any atom is -0.493 e. The van der Waals surface area contributed by atoms with Crippen molar-refractivity contribution >= 4 is 21.7 Å². The van der Waals surface area contributed by atoms with Crippen LogP contribution in [0.5, 0.6) is 11.5 Å². The first-order valence-corrected chi connectivity index (χ1v) is 9.69. The second-order valence-corrected chi connectivity index (χ2v) is 7.08. The molecule has 2 aromatic carbocycles. The lowest BCUT2D eigenvalue weighted by molar-refractivity contribution is 0.305. The molecule has 28 heavy (non-hydrogen) atoms. The summed E-state index contributed by atoms with van der Waals surface area (Å²) in [5.41, 5.74) is 2.01. The maximum Gasteiger partial charge on any atom is 0.267 e. The molecule has 0 unspecified atom stereocenters. The third kappa shape index (κ3) is 5.13. The number of anilines is 1. The van der Waals surface area contributed by atoms with E-state index in [9.17, 15) is 4.79 Å². The molecule has 1 aromatic heterocycles. The van der Waals surface area contributed by atoms with E-state index in [1.54, 1.807) is 13.2 Å². The third-order valence-corrected chi connectivity index (χ3v) is 5.02. The molecule has 146 valence electrons. The zero-order valence-corrected chi connectivity index (χ0v) is 17.4. The molecule has 0 atom stereocenters. The molecule has 0 spiro atoms. The molecule has 0 aliphatic heterocycles. The van der Waals surface area contributed by atoms with E-state index in [2.05, 4.69) is 26.3 Å². The Bertz CT molecular complexity index is 1000. The fourth-order valence-corrected chi connectivity index (χ4v) is 3.07. The van der Waals surface area contributed by atoms with E-state index in [1.165, 1.54) is 10.7 Å². The average molecular weight is 444 g/mol. The van der Waals surface area contributed by atoms with Crippen molar-refractivity contribution in [1.82, 2.24) is 9.78 Å². The van der Waals surface area contributed by atoms with Crippen LogP contribution in [0.1, 0.15) is 11.1 Å². The Morgan fingerprint density at radius 3 is 2.64 bits per heavy atom. The first-order valence-electron chi connectivity index (χ1n) is 8.89. The molecule has 0 amide bonds. The van der Waals surface area contributed by atoms with Crippen molar-refractivity contribution in [3.63, 3.8) is 0 Å². The highest BCUT2D eigenvalue weighted by molar-refractivity contribution is 9.10. The summed E-state index contributed by atoms with van der Waals surface area (Å²) in [5, 5.41) is 7.58. The van der Waals surface area contributed by atoms with Gasteiger partial charge in [0, 0.05) is 10.5 Å². The lowest BCUT2D eigenvalue weighted by Crippen LogP contribution is -2.24. The van der Waals surface area contributed by atoms with Gasteiger partial charge in [-0.05, 0) is 42.3 Å². The van der Waals surface area contributed by atoms with Crippen molar-refractivity contribution in [2.75, 3.05) is 25.6 Å². The van der Waals surface area contributed by atoms with E-state index in [0.717, 1.165) is 15.6 Å². The van der Waals surface area contributed by atoms with E-state index >= 15 is 0 Å². The smallest absolute Gasteiger partial charge is 0.267 e. The Morgan fingerprint density at radius 1 is 1.11 bits per heavy atom. The highest BCUT2D eigenvalue weighted by Crippen LogP contribution is 2.25. The van der Waals surface area contributed by atoms with Gasteiger partial charge >= 0.3 is 0 Å². The Balaban J connectivity index is 1.60. The molecule has 3 rings (SSSR count). The molecule has 0 fully saturated rings. The quantitative estimate of drug-likeness (QED) is 0.535. The molecular weight excluding hydrogens is 422 g/mol. The minimum atomic E-state index is -0.146.